The summed E-state index contributed by atoms with van der Waals surface area (Å²) in [6.07, 6.45) is 0.605. The summed E-state index contributed by atoms with van der Waals surface area (Å²) in [6, 6.07) is 21.3. The molecule has 2 amide bonds. The van der Waals surface area contributed by atoms with E-state index in [1.807, 2.05) is 31.2 Å². The molecule has 0 saturated heterocycles. The minimum Gasteiger partial charge on any atom is -0.494 e. The zero-order valence-electron chi connectivity index (χ0n) is 19.7. The summed E-state index contributed by atoms with van der Waals surface area (Å²) in [4.78, 5) is 39.4. The van der Waals surface area contributed by atoms with Gasteiger partial charge in [0.1, 0.15) is 22.6 Å². The number of rotatable bonds is 7. The van der Waals surface area contributed by atoms with E-state index in [2.05, 4.69) is 5.32 Å². The van der Waals surface area contributed by atoms with E-state index < -0.39 is 11.5 Å². The first kappa shape index (κ1) is 23.2. The number of nitrogens with zero attached hydrogens (tertiary/aromatic N) is 1. The van der Waals surface area contributed by atoms with Gasteiger partial charge in [-0.15, -0.1) is 0 Å². The topological polar surface area (TPSA) is 98.1 Å². The van der Waals surface area contributed by atoms with Gasteiger partial charge >= 0.3 is 5.63 Å². The number of nitrogens with one attached hydrogen (secondary N) is 1. The summed E-state index contributed by atoms with van der Waals surface area (Å²) < 4.78 is 16.6. The van der Waals surface area contributed by atoms with Crippen LogP contribution < -0.4 is 25.3 Å². The highest BCUT2D eigenvalue weighted by atomic mass is 16.5. The average Bonchev–Trinajstić information content (AvgIpc) is 2.88. The van der Waals surface area contributed by atoms with Crippen molar-refractivity contribution in [2.24, 2.45) is 0 Å². The van der Waals surface area contributed by atoms with Crippen molar-refractivity contribution in [2.45, 2.75) is 13.3 Å². The van der Waals surface area contributed by atoms with Gasteiger partial charge in [-0.25, -0.2) is 4.79 Å². The molecule has 1 aliphatic rings. The molecule has 0 fully saturated rings. The van der Waals surface area contributed by atoms with Crippen LogP contribution in [0.4, 0.5) is 11.4 Å². The van der Waals surface area contributed by atoms with Gasteiger partial charge in [0.15, 0.2) is 6.61 Å². The van der Waals surface area contributed by atoms with Gasteiger partial charge in [0.2, 0.25) is 0 Å². The number of hydrogen-bond acceptors (Lipinski definition) is 6. The lowest BCUT2D eigenvalue weighted by Gasteiger charge is -2.29. The Morgan fingerprint density at radius 3 is 2.67 bits per heavy atom. The molecular weight excluding hydrogens is 460 g/mol. The largest absolute Gasteiger partial charge is 0.494 e. The molecule has 5 rings (SSSR count). The SMILES string of the molecule is Cc1ccc(OCCCN2C(=O)COc3ccc(NC(=O)c4cc5ccccc5oc4=O)cc32)cc1. The van der Waals surface area contributed by atoms with Crippen molar-refractivity contribution in [3.05, 3.63) is 94.3 Å². The van der Waals surface area contributed by atoms with Crippen LogP contribution >= 0.6 is 0 Å². The summed E-state index contributed by atoms with van der Waals surface area (Å²) in [5.41, 5.74) is 1.70. The van der Waals surface area contributed by atoms with Gasteiger partial charge in [-0.2, -0.15) is 0 Å². The van der Waals surface area contributed by atoms with E-state index in [-0.39, 0.29) is 18.1 Å². The maximum absolute atomic E-state index is 12.9. The van der Waals surface area contributed by atoms with Crippen LogP contribution in [-0.4, -0.2) is 31.6 Å². The molecule has 1 N–H and O–H groups in total. The quantitative estimate of drug-likeness (QED) is 0.305. The predicted octanol–water partition coefficient (Wildman–Crippen LogP) is 4.55. The number of para-hydroxylation sites is 1. The first-order valence-corrected chi connectivity index (χ1v) is 11.6. The number of anilines is 2. The van der Waals surface area contributed by atoms with Crippen LogP contribution in [-0.2, 0) is 4.79 Å². The Kier molecular flexibility index (Phi) is 6.40. The molecule has 1 aliphatic heterocycles. The minimum absolute atomic E-state index is 0.0599. The van der Waals surface area contributed by atoms with E-state index >= 15 is 0 Å². The van der Waals surface area contributed by atoms with E-state index in [4.69, 9.17) is 13.9 Å². The number of carbonyl (C=O) groups is 2. The van der Waals surface area contributed by atoms with Crippen molar-refractivity contribution in [3.8, 4) is 11.5 Å². The molecule has 0 bridgehead atoms. The Morgan fingerprint density at radius 2 is 1.83 bits per heavy atom. The van der Waals surface area contributed by atoms with Gasteiger partial charge in [-0.3, -0.25) is 9.59 Å². The lowest BCUT2D eigenvalue weighted by Crippen LogP contribution is -2.39. The molecule has 1 aromatic heterocycles. The van der Waals surface area contributed by atoms with E-state index in [1.54, 1.807) is 47.4 Å². The predicted molar refractivity (Wildman–Crippen MR) is 136 cm³/mol. The summed E-state index contributed by atoms with van der Waals surface area (Å²) in [7, 11) is 0. The summed E-state index contributed by atoms with van der Waals surface area (Å²) in [5, 5.41) is 3.37. The van der Waals surface area contributed by atoms with Crippen LogP contribution in [0.5, 0.6) is 11.5 Å². The third kappa shape index (κ3) is 4.93. The van der Waals surface area contributed by atoms with E-state index in [9.17, 15) is 14.4 Å². The van der Waals surface area contributed by atoms with Gasteiger partial charge in [0.05, 0.1) is 12.3 Å². The van der Waals surface area contributed by atoms with Crippen molar-refractivity contribution < 1.29 is 23.5 Å². The molecule has 0 unspecified atom stereocenters. The molecule has 8 heteroatoms. The number of fused-ring (bicyclic) bond motifs is 2. The monoisotopic (exact) mass is 484 g/mol. The Balaban J connectivity index is 1.29. The number of ether oxygens (including phenoxy) is 2. The maximum Gasteiger partial charge on any atom is 0.349 e. The van der Waals surface area contributed by atoms with Crippen molar-refractivity contribution in [2.75, 3.05) is 30.0 Å². The lowest BCUT2D eigenvalue weighted by atomic mass is 10.1. The molecule has 0 saturated carbocycles. The van der Waals surface area contributed by atoms with Gasteiger partial charge in [0.25, 0.3) is 11.8 Å². The van der Waals surface area contributed by atoms with E-state index in [1.165, 1.54) is 6.07 Å². The average molecular weight is 485 g/mol. The van der Waals surface area contributed by atoms with Gasteiger partial charge < -0.3 is 24.1 Å². The smallest absolute Gasteiger partial charge is 0.349 e. The van der Waals surface area contributed by atoms with Crippen molar-refractivity contribution in [1.82, 2.24) is 0 Å². The molecule has 0 atom stereocenters. The van der Waals surface area contributed by atoms with Crippen molar-refractivity contribution >= 4 is 34.2 Å². The van der Waals surface area contributed by atoms with Gasteiger partial charge in [-0.05, 0) is 55.8 Å². The molecule has 2 heterocycles. The second-order valence-electron chi connectivity index (χ2n) is 8.47. The van der Waals surface area contributed by atoms with Crippen LogP contribution in [0.25, 0.3) is 11.0 Å². The van der Waals surface area contributed by atoms with E-state index in [0.717, 1.165) is 11.3 Å². The third-order valence-corrected chi connectivity index (χ3v) is 5.86. The highest BCUT2D eigenvalue weighted by molar-refractivity contribution is 6.06. The zero-order valence-corrected chi connectivity index (χ0v) is 19.7. The normalized spacial score (nSPS) is 12.7. The molecule has 0 spiro atoms. The number of carbonyl (C=O) groups excluding carboxylic acids is 2. The van der Waals surface area contributed by atoms with E-state index in [0.29, 0.717) is 47.7 Å². The minimum atomic E-state index is -0.724. The first-order chi connectivity index (χ1) is 17.5. The number of amides is 2. The number of hydrogen-bond donors (Lipinski definition) is 1. The number of aryl methyl sites for hydroxylation is 1. The molecule has 0 radical (unpaired) electrons. The Bertz CT molecular complexity index is 1490. The van der Waals surface area contributed by atoms with Crippen LogP contribution in [0.1, 0.15) is 22.3 Å². The molecule has 8 nitrogen and oxygen atoms in total. The molecular formula is C28H24N2O6. The van der Waals surface area contributed by atoms with Gasteiger partial charge in [0, 0.05) is 17.6 Å². The summed E-state index contributed by atoms with van der Waals surface area (Å²) >= 11 is 0. The Hall–Kier alpha value is -4.59. The summed E-state index contributed by atoms with van der Waals surface area (Å²) in [6.45, 7) is 2.82. The van der Waals surface area contributed by atoms with Crippen LogP contribution in [0.15, 0.2) is 82.0 Å². The fourth-order valence-corrected chi connectivity index (χ4v) is 3.99. The highest BCUT2D eigenvalue weighted by Gasteiger charge is 2.26. The molecule has 3 aromatic carbocycles. The molecule has 36 heavy (non-hydrogen) atoms. The maximum atomic E-state index is 12.9. The standard InChI is InChI=1S/C28H24N2O6/c1-18-7-10-21(11-8-18)34-14-4-13-30-23-16-20(9-12-25(23)35-17-26(30)31)29-27(32)22-15-19-5-2-3-6-24(19)36-28(22)33/h2-3,5-12,15-16H,4,13-14,17H2,1H3,(H,29,32). The first-order valence-electron chi connectivity index (χ1n) is 11.6. The van der Waals surface area contributed by atoms with Crippen LogP contribution in [0, 0.1) is 6.92 Å². The third-order valence-electron chi connectivity index (χ3n) is 5.86. The molecule has 0 aliphatic carbocycles. The fraction of sp³-hybridized carbons (Fsp3) is 0.179. The zero-order chi connectivity index (χ0) is 25.1. The molecule has 182 valence electrons. The van der Waals surface area contributed by atoms with Crippen molar-refractivity contribution in [3.63, 3.8) is 0 Å². The lowest BCUT2D eigenvalue weighted by molar-refractivity contribution is -0.121. The van der Waals surface area contributed by atoms with Gasteiger partial charge in [-0.1, -0.05) is 35.9 Å². The molecule has 4 aromatic rings. The Morgan fingerprint density at radius 1 is 1.03 bits per heavy atom. The second-order valence-corrected chi connectivity index (χ2v) is 8.47. The summed E-state index contributed by atoms with van der Waals surface area (Å²) in [5.74, 6) is 0.529. The van der Waals surface area contributed by atoms with Crippen LogP contribution in [0.2, 0.25) is 0 Å². The Labute approximate surface area is 207 Å². The fourth-order valence-electron chi connectivity index (χ4n) is 3.99. The highest BCUT2D eigenvalue weighted by Crippen LogP contribution is 2.35. The number of benzene rings is 3. The second kappa shape index (κ2) is 9.95. The van der Waals surface area contributed by atoms with Crippen molar-refractivity contribution in [1.29, 1.82) is 0 Å². The van der Waals surface area contributed by atoms with Crippen LogP contribution in [0.3, 0.4) is 0 Å².